The molecule has 0 spiro atoms. The summed E-state index contributed by atoms with van der Waals surface area (Å²) in [4.78, 5) is 23.8. The first kappa shape index (κ1) is 15.5. The second-order valence-corrected chi connectivity index (χ2v) is 5.02. The molecule has 1 N–H and O–H groups in total. The largest absolute Gasteiger partial charge is 0.375 e. The standard InChI is InChI=1S/C16H17N3O3/c1-18(2)16(20)13-9-7-12(8-10-13)11-17-14-5-3-4-6-15(14)19(21)22/h3-10,17H,11H2,1-2H3. The summed E-state index contributed by atoms with van der Waals surface area (Å²) in [5, 5.41) is 14.0. The minimum atomic E-state index is -0.415. The number of carbonyl (C=O) groups is 1. The number of rotatable bonds is 5. The van der Waals surface area contributed by atoms with Crippen molar-refractivity contribution < 1.29 is 9.72 Å². The Morgan fingerprint density at radius 2 is 1.77 bits per heavy atom. The summed E-state index contributed by atoms with van der Waals surface area (Å²) in [6.45, 7) is 0.446. The number of nitro benzene ring substituents is 1. The Labute approximate surface area is 128 Å². The van der Waals surface area contributed by atoms with E-state index in [-0.39, 0.29) is 11.6 Å². The van der Waals surface area contributed by atoms with Crippen LogP contribution in [0.15, 0.2) is 48.5 Å². The van der Waals surface area contributed by atoms with Gasteiger partial charge in [0.15, 0.2) is 0 Å². The van der Waals surface area contributed by atoms with E-state index < -0.39 is 4.92 Å². The molecule has 6 heteroatoms. The summed E-state index contributed by atoms with van der Waals surface area (Å²) in [6, 6.07) is 13.7. The summed E-state index contributed by atoms with van der Waals surface area (Å²) in [7, 11) is 3.40. The molecule has 0 fully saturated rings. The van der Waals surface area contributed by atoms with Crippen molar-refractivity contribution in [2.75, 3.05) is 19.4 Å². The normalized spacial score (nSPS) is 10.1. The monoisotopic (exact) mass is 299 g/mol. The number of benzene rings is 2. The van der Waals surface area contributed by atoms with Crippen LogP contribution in [0.25, 0.3) is 0 Å². The predicted molar refractivity (Wildman–Crippen MR) is 84.9 cm³/mol. The van der Waals surface area contributed by atoms with E-state index in [2.05, 4.69) is 5.32 Å². The third-order valence-corrected chi connectivity index (χ3v) is 3.19. The van der Waals surface area contributed by atoms with E-state index in [9.17, 15) is 14.9 Å². The molecule has 0 saturated carbocycles. The molecule has 22 heavy (non-hydrogen) atoms. The maximum Gasteiger partial charge on any atom is 0.292 e. The first-order valence-corrected chi connectivity index (χ1v) is 6.77. The van der Waals surface area contributed by atoms with Gasteiger partial charge < -0.3 is 10.2 Å². The van der Waals surface area contributed by atoms with Gasteiger partial charge in [-0.2, -0.15) is 0 Å². The van der Waals surface area contributed by atoms with Crippen LogP contribution in [0.5, 0.6) is 0 Å². The molecule has 0 aliphatic carbocycles. The van der Waals surface area contributed by atoms with Crippen LogP contribution in [0.1, 0.15) is 15.9 Å². The lowest BCUT2D eigenvalue weighted by Crippen LogP contribution is -2.21. The average molecular weight is 299 g/mol. The molecule has 114 valence electrons. The van der Waals surface area contributed by atoms with Gasteiger partial charge in [-0.05, 0) is 23.8 Å². The first-order chi connectivity index (χ1) is 10.5. The minimum absolute atomic E-state index is 0.0434. The van der Waals surface area contributed by atoms with Crippen molar-refractivity contribution in [3.8, 4) is 0 Å². The molecule has 2 rings (SSSR count). The molecule has 0 aliphatic rings. The fraction of sp³-hybridized carbons (Fsp3) is 0.188. The second kappa shape index (κ2) is 6.71. The molecule has 0 saturated heterocycles. The van der Waals surface area contributed by atoms with Crippen LogP contribution in [-0.2, 0) is 6.54 Å². The van der Waals surface area contributed by atoms with Crippen LogP contribution in [0.4, 0.5) is 11.4 Å². The van der Waals surface area contributed by atoms with Crippen molar-refractivity contribution in [2.45, 2.75) is 6.54 Å². The van der Waals surface area contributed by atoms with Crippen molar-refractivity contribution in [3.05, 3.63) is 69.8 Å². The molecular formula is C16H17N3O3. The topological polar surface area (TPSA) is 75.5 Å². The Bertz CT molecular complexity index is 681. The summed E-state index contributed by atoms with van der Waals surface area (Å²) in [5.74, 6) is -0.0572. The van der Waals surface area contributed by atoms with E-state index in [0.717, 1.165) is 5.56 Å². The average Bonchev–Trinajstić information content (AvgIpc) is 2.52. The van der Waals surface area contributed by atoms with E-state index >= 15 is 0 Å². The molecule has 0 atom stereocenters. The van der Waals surface area contributed by atoms with Gasteiger partial charge >= 0.3 is 0 Å². The van der Waals surface area contributed by atoms with Crippen molar-refractivity contribution in [3.63, 3.8) is 0 Å². The maximum atomic E-state index is 11.8. The maximum absolute atomic E-state index is 11.8. The Kier molecular flexibility index (Phi) is 4.73. The molecule has 0 radical (unpaired) electrons. The molecule has 0 unspecified atom stereocenters. The van der Waals surface area contributed by atoms with Crippen molar-refractivity contribution in [2.24, 2.45) is 0 Å². The highest BCUT2D eigenvalue weighted by molar-refractivity contribution is 5.93. The van der Waals surface area contributed by atoms with Crippen molar-refractivity contribution >= 4 is 17.3 Å². The van der Waals surface area contributed by atoms with Gasteiger partial charge in [-0.3, -0.25) is 14.9 Å². The highest BCUT2D eigenvalue weighted by Crippen LogP contribution is 2.23. The Balaban J connectivity index is 2.07. The van der Waals surface area contributed by atoms with Crippen LogP contribution in [0.3, 0.4) is 0 Å². The van der Waals surface area contributed by atoms with E-state index in [4.69, 9.17) is 0 Å². The number of carbonyl (C=O) groups excluding carboxylic acids is 1. The quantitative estimate of drug-likeness (QED) is 0.680. The molecule has 2 aromatic rings. The number of anilines is 1. The molecule has 0 bridgehead atoms. The zero-order chi connectivity index (χ0) is 16.1. The fourth-order valence-electron chi connectivity index (χ4n) is 2.00. The van der Waals surface area contributed by atoms with E-state index in [1.165, 1.54) is 11.0 Å². The highest BCUT2D eigenvalue weighted by atomic mass is 16.6. The molecule has 1 amide bonds. The zero-order valence-corrected chi connectivity index (χ0v) is 12.4. The third-order valence-electron chi connectivity index (χ3n) is 3.19. The van der Waals surface area contributed by atoms with Gasteiger partial charge in [-0.25, -0.2) is 0 Å². The van der Waals surface area contributed by atoms with Crippen LogP contribution in [0, 0.1) is 10.1 Å². The third kappa shape index (κ3) is 3.60. The van der Waals surface area contributed by atoms with Gasteiger partial charge in [0.2, 0.25) is 0 Å². The van der Waals surface area contributed by atoms with E-state index in [1.807, 2.05) is 12.1 Å². The number of nitrogens with zero attached hydrogens (tertiary/aromatic N) is 2. The van der Waals surface area contributed by atoms with Gasteiger partial charge in [-0.15, -0.1) is 0 Å². The van der Waals surface area contributed by atoms with Gasteiger partial charge in [0.1, 0.15) is 5.69 Å². The lowest BCUT2D eigenvalue weighted by atomic mass is 10.1. The molecule has 2 aromatic carbocycles. The minimum Gasteiger partial charge on any atom is -0.375 e. The van der Waals surface area contributed by atoms with Crippen LogP contribution in [0.2, 0.25) is 0 Å². The van der Waals surface area contributed by atoms with E-state index in [1.54, 1.807) is 44.4 Å². The zero-order valence-electron chi connectivity index (χ0n) is 12.4. The lowest BCUT2D eigenvalue weighted by Gasteiger charge is -2.11. The van der Waals surface area contributed by atoms with Crippen LogP contribution >= 0.6 is 0 Å². The predicted octanol–water partition coefficient (Wildman–Crippen LogP) is 2.91. The number of amides is 1. The van der Waals surface area contributed by atoms with Crippen molar-refractivity contribution in [1.82, 2.24) is 4.90 Å². The SMILES string of the molecule is CN(C)C(=O)c1ccc(CNc2ccccc2[N+](=O)[O-])cc1. The van der Waals surface area contributed by atoms with Gasteiger partial charge in [0.25, 0.3) is 11.6 Å². The molecule has 6 nitrogen and oxygen atoms in total. The number of hydrogen-bond acceptors (Lipinski definition) is 4. The summed E-state index contributed by atoms with van der Waals surface area (Å²) < 4.78 is 0. The number of para-hydroxylation sites is 2. The summed E-state index contributed by atoms with van der Waals surface area (Å²) >= 11 is 0. The highest BCUT2D eigenvalue weighted by Gasteiger charge is 2.12. The Hall–Kier alpha value is -2.89. The Morgan fingerprint density at radius 3 is 2.36 bits per heavy atom. The Morgan fingerprint density at radius 1 is 1.14 bits per heavy atom. The summed E-state index contributed by atoms with van der Waals surface area (Å²) in [5.41, 5.74) is 2.07. The fourth-order valence-corrected chi connectivity index (χ4v) is 2.00. The van der Waals surface area contributed by atoms with Gasteiger partial charge in [-0.1, -0.05) is 24.3 Å². The van der Waals surface area contributed by atoms with Crippen molar-refractivity contribution in [1.29, 1.82) is 0 Å². The number of nitrogens with one attached hydrogen (secondary N) is 1. The van der Waals surface area contributed by atoms with Gasteiger partial charge in [0.05, 0.1) is 4.92 Å². The summed E-state index contributed by atoms with van der Waals surface area (Å²) in [6.07, 6.45) is 0. The van der Waals surface area contributed by atoms with Crippen LogP contribution < -0.4 is 5.32 Å². The van der Waals surface area contributed by atoms with E-state index in [0.29, 0.717) is 17.8 Å². The first-order valence-electron chi connectivity index (χ1n) is 6.77. The molecule has 0 aromatic heterocycles. The number of nitro groups is 1. The second-order valence-electron chi connectivity index (χ2n) is 5.02. The molecule has 0 aliphatic heterocycles. The van der Waals surface area contributed by atoms with Crippen LogP contribution in [-0.4, -0.2) is 29.8 Å². The van der Waals surface area contributed by atoms with Gasteiger partial charge in [0, 0.05) is 32.3 Å². The lowest BCUT2D eigenvalue weighted by molar-refractivity contribution is -0.384. The molecular weight excluding hydrogens is 282 g/mol. The molecule has 0 heterocycles. The number of hydrogen-bond donors (Lipinski definition) is 1. The smallest absolute Gasteiger partial charge is 0.292 e.